The fourth-order valence-electron chi connectivity index (χ4n) is 5.15. The lowest BCUT2D eigenvalue weighted by molar-refractivity contribution is -0.138. The molecule has 3 aromatic rings. The highest BCUT2D eigenvalue weighted by atomic mass is 16.5. The number of hydrogen-bond donors (Lipinski definition) is 1. The molecule has 3 N–H and O–H groups in total. The highest BCUT2D eigenvalue weighted by Crippen LogP contribution is 2.32. The van der Waals surface area contributed by atoms with Gasteiger partial charge in [-0.2, -0.15) is 5.10 Å². The minimum absolute atomic E-state index is 0.118. The maximum absolute atomic E-state index is 11.0. The fourth-order valence-corrected chi connectivity index (χ4v) is 5.15. The standard InChI is InChI=1S/C26H31N5O3/c32-24(33)14-17-6-10-21(11-7-17)34-23-13-9-19(15-28-23)22-12-8-20(16-27-22)26-29-25(30-31-26)18-4-2-1-3-5-18/h8-9,12-13,15-18,21H,1-7,10-11,14H2,(H,32,33)(H,29,30,31)/p+1. The van der Waals surface area contributed by atoms with E-state index in [1.54, 1.807) is 6.20 Å². The number of pyridine rings is 2. The van der Waals surface area contributed by atoms with Gasteiger partial charge in [0, 0.05) is 40.3 Å². The fraction of sp³-hybridized carbons (Fsp3) is 0.500. The van der Waals surface area contributed by atoms with Crippen LogP contribution in [-0.2, 0) is 4.79 Å². The van der Waals surface area contributed by atoms with Crippen LogP contribution in [0.4, 0.5) is 0 Å². The van der Waals surface area contributed by atoms with Crippen molar-refractivity contribution >= 4 is 5.97 Å². The van der Waals surface area contributed by atoms with Gasteiger partial charge in [0.2, 0.25) is 5.88 Å². The number of hydrogen-bond acceptors (Lipinski definition) is 6. The van der Waals surface area contributed by atoms with E-state index in [0.29, 0.717) is 30.0 Å². The molecule has 0 spiro atoms. The third kappa shape index (κ3) is 5.43. The number of aromatic nitrogens is 5. The third-order valence-corrected chi connectivity index (χ3v) is 7.10. The molecule has 0 unspecified atom stereocenters. The molecule has 2 aliphatic rings. The van der Waals surface area contributed by atoms with Crippen molar-refractivity contribution in [3.8, 4) is 28.5 Å². The molecule has 3 aromatic heterocycles. The first-order valence-corrected chi connectivity index (χ1v) is 12.4. The van der Waals surface area contributed by atoms with E-state index in [0.717, 1.165) is 48.3 Å². The summed E-state index contributed by atoms with van der Waals surface area (Å²) in [6.07, 6.45) is 14.0. The summed E-state index contributed by atoms with van der Waals surface area (Å²) in [5.74, 6) is 2.66. The maximum Gasteiger partial charge on any atom is 0.516 e. The van der Waals surface area contributed by atoms with Crippen molar-refractivity contribution in [1.82, 2.24) is 25.1 Å². The van der Waals surface area contributed by atoms with Crippen molar-refractivity contribution < 1.29 is 14.6 Å². The average molecular weight is 463 g/mol. The monoisotopic (exact) mass is 462 g/mol. The summed E-state index contributed by atoms with van der Waals surface area (Å²) in [4.78, 5) is 24.8. The van der Waals surface area contributed by atoms with Crippen molar-refractivity contribution in [2.24, 2.45) is 5.92 Å². The van der Waals surface area contributed by atoms with E-state index < -0.39 is 5.97 Å². The van der Waals surface area contributed by atoms with Crippen molar-refractivity contribution in [2.75, 3.05) is 0 Å². The van der Waals surface area contributed by atoms with E-state index >= 15 is 0 Å². The molecule has 0 bridgehead atoms. The van der Waals surface area contributed by atoms with E-state index in [9.17, 15) is 4.79 Å². The zero-order valence-corrected chi connectivity index (χ0v) is 19.4. The quantitative estimate of drug-likeness (QED) is 0.515. The maximum atomic E-state index is 11.0. The average Bonchev–Trinajstić information content (AvgIpc) is 3.37. The molecule has 0 radical (unpaired) electrons. The van der Waals surface area contributed by atoms with Crippen LogP contribution in [-0.4, -0.2) is 42.3 Å². The molecule has 0 amide bonds. The second-order valence-electron chi connectivity index (χ2n) is 9.58. The predicted molar refractivity (Wildman–Crippen MR) is 128 cm³/mol. The lowest BCUT2D eigenvalue weighted by atomic mass is 9.85. The molecule has 0 atom stereocenters. The van der Waals surface area contributed by atoms with Crippen molar-refractivity contribution in [3.63, 3.8) is 0 Å². The van der Waals surface area contributed by atoms with Gasteiger partial charge in [-0.3, -0.25) is 10.1 Å². The zero-order chi connectivity index (χ0) is 23.3. The van der Waals surface area contributed by atoms with Crippen molar-refractivity contribution in [3.05, 3.63) is 42.5 Å². The van der Waals surface area contributed by atoms with Crippen LogP contribution in [0.2, 0.25) is 0 Å². The summed E-state index contributed by atoms with van der Waals surface area (Å²) < 4.78 is 6.05. The second kappa shape index (κ2) is 10.3. The molecule has 8 heteroatoms. The molecule has 5 rings (SSSR count). The van der Waals surface area contributed by atoms with E-state index in [-0.39, 0.29) is 6.10 Å². The van der Waals surface area contributed by atoms with Gasteiger partial charge >= 0.3 is 5.97 Å². The number of carbonyl (C=O) groups excluding carboxylic acids is 1. The molecule has 3 heterocycles. The van der Waals surface area contributed by atoms with Gasteiger partial charge in [-0.1, -0.05) is 19.3 Å². The number of nitrogens with zero attached hydrogens (tertiary/aromatic N) is 4. The summed E-state index contributed by atoms with van der Waals surface area (Å²) in [7, 11) is 0. The van der Waals surface area contributed by atoms with Gasteiger partial charge < -0.3 is 9.84 Å². The van der Waals surface area contributed by atoms with E-state index in [2.05, 4.69) is 20.2 Å². The van der Waals surface area contributed by atoms with Gasteiger partial charge in [0.05, 0.1) is 5.69 Å². The SMILES string of the molecule is O=C([OH2+])CC1CCC(Oc2ccc(-c3ccc(-c4n[nH]c(C5CCCCC5)n4)cn3)cn2)CC1. The van der Waals surface area contributed by atoms with Crippen LogP contribution in [0.15, 0.2) is 36.7 Å². The first kappa shape index (κ1) is 22.5. The molecular formula is C26H32N5O3+. The summed E-state index contributed by atoms with van der Waals surface area (Å²) in [5, 5.41) is 14.7. The normalized spacial score (nSPS) is 21.3. The lowest BCUT2D eigenvalue weighted by Gasteiger charge is -2.27. The summed E-state index contributed by atoms with van der Waals surface area (Å²) in [6.45, 7) is 0. The Bertz CT molecular complexity index is 1080. The van der Waals surface area contributed by atoms with E-state index in [4.69, 9.17) is 14.8 Å². The van der Waals surface area contributed by atoms with Gasteiger partial charge in [-0.05, 0) is 62.6 Å². The third-order valence-electron chi connectivity index (χ3n) is 7.10. The Morgan fingerprint density at radius 3 is 2.38 bits per heavy atom. The highest BCUT2D eigenvalue weighted by Gasteiger charge is 2.26. The number of aromatic amines is 1. The van der Waals surface area contributed by atoms with Gasteiger partial charge in [0.1, 0.15) is 18.3 Å². The topological polar surface area (TPSA) is 117 Å². The number of ether oxygens (including phenoxy) is 1. The van der Waals surface area contributed by atoms with Gasteiger partial charge in [-0.25, -0.2) is 9.97 Å². The summed E-state index contributed by atoms with van der Waals surface area (Å²) in [5.41, 5.74) is 2.67. The molecule has 0 aliphatic heterocycles. The zero-order valence-electron chi connectivity index (χ0n) is 19.4. The smallest absolute Gasteiger partial charge is 0.516 e. The molecule has 0 aromatic carbocycles. The molecular weight excluding hydrogens is 430 g/mol. The molecule has 178 valence electrons. The van der Waals surface area contributed by atoms with E-state index in [1.807, 2.05) is 30.5 Å². The summed E-state index contributed by atoms with van der Waals surface area (Å²) >= 11 is 0. The minimum Gasteiger partial charge on any atom is -0.565 e. The number of H-pyrrole nitrogens is 1. The second-order valence-corrected chi connectivity index (χ2v) is 9.58. The van der Waals surface area contributed by atoms with E-state index in [1.165, 1.54) is 32.1 Å². The van der Waals surface area contributed by atoms with Crippen molar-refractivity contribution in [1.29, 1.82) is 0 Å². The summed E-state index contributed by atoms with van der Waals surface area (Å²) in [6, 6.07) is 7.83. The Hall–Kier alpha value is -3.29. The van der Waals surface area contributed by atoms with Crippen LogP contribution in [0.5, 0.6) is 5.88 Å². The van der Waals surface area contributed by atoms with Crippen LogP contribution in [0.3, 0.4) is 0 Å². The van der Waals surface area contributed by atoms with Crippen LogP contribution in [0, 0.1) is 5.92 Å². The molecule has 2 fully saturated rings. The largest absolute Gasteiger partial charge is 0.565 e. The highest BCUT2D eigenvalue weighted by molar-refractivity contribution is 5.67. The van der Waals surface area contributed by atoms with Crippen LogP contribution in [0.1, 0.15) is 76.0 Å². The van der Waals surface area contributed by atoms with Crippen molar-refractivity contribution in [2.45, 2.75) is 76.2 Å². The lowest BCUT2D eigenvalue weighted by Crippen LogP contribution is -2.25. The Balaban J connectivity index is 1.17. The Morgan fingerprint density at radius 2 is 1.71 bits per heavy atom. The Morgan fingerprint density at radius 1 is 0.941 bits per heavy atom. The minimum atomic E-state index is -0.465. The first-order valence-electron chi connectivity index (χ1n) is 12.4. The molecule has 0 saturated heterocycles. The molecule has 34 heavy (non-hydrogen) atoms. The Labute approximate surface area is 199 Å². The van der Waals surface area contributed by atoms with Gasteiger partial charge in [0.15, 0.2) is 5.82 Å². The number of carbonyl (C=O) groups is 1. The van der Waals surface area contributed by atoms with Crippen LogP contribution in [0.25, 0.3) is 22.6 Å². The van der Waals surface area contributed by atoms with Crippen LogP contribution >= 0.6 is 0 Å². The van der Waals surface area contributed by atoms with Crippen LogP contribution < -0.4 is 4.74 Å². The molecule has 8 nitrogen and oxygen atoms in total. The first-order chi connectivity index (χ1) is 16.6. The number of rotatable bonds is 7. The number of nitrogens with one attached hydrogen (secondary N) is 1. The van der Waals surface area contributed by atoms with Gasteiger partial charge in [0.25, 0.3) is 0 Å². The Kier molecular flexibility index (Phi) is 6.83. The molecule has 2 saturated carbocycles. The predicted octanol–water partition coefficient (Wildman–Crippen LogP) is 4.56. The van der Waals surface area contributed by atoms with Gasteiger partial charge in [-0.15, -0.1) is 0 Å². The molecule has 2 aliphatic carbocycles.